The summed E-state index contributed by atoms with van der Waals surface area (Å²) in [7, 11) is 0.412. The van der Waals surface area contributed by atoms with Crippen LogP contribution in [0.5, 0.6) is 5.75 Å². The minimum Gasteiger partial charge on any atom is -0.495 e. The predicted molar refractivity (Wildman–Crippen MR) is 86.7 cm³/mol. The highest BCUT2D eigenvalue weighted by Crippen LogP contribution is 2.26. The van der Waals surface area contributed by atoms with E-state index in [1.54, 1.807) is 25.3 Å². The van der Waals surface area contributed by atoms with Crippen molar-refractivity contribution in [2.24, 2.45) is 0 Å². The molecule has 1 unspecified atom stereocenters. The first-order valence-corrected chi connectivity index (χ1v) is 8.06. The molecule has 1 atom stereocenters. The highest BCUT2D eigenvalue weighted by Gasteiger charge is 2.11. The first-order chi connectivity index (χ1) is 9.10. The molecule has 0 saturated heterocycles. The number of hydrogen-bond donors (Lipinski definition) is 1. The number of halogens is 1. The van der Waals surface area contributed by atoms with E-state index in [-0.39, 0.29) is 0 Å². The second kappa shape index (κ2) is 6.38. The molecule has 0 saturated carbocycles. The van der Waals surface area contributed by atoms with Crippen LogP contribution in [0.2, 0.25) is 0 Å². The molecule has 0 heterocycles. The van der Waals surface area contributed by atoms with E-state index in [9.17, 15) is 4.21 Å². The zero-order chi connectivity index (χ0) is 13.8. The molecule has 0 amide bonds. The van der Waals surface area contributed by atoms with Crippen molar-refractivity contribution in [1.82, 2.24) is 0 Å². The quantitative estimate of drug-likeness (QED) is 0.648. The van der Waals surface area contributed by atoms with E-state index >= 15 is 0 Å². The Bertz CT molecular complexity index is 599. The van der Waals surface area contributed by atoms with Gasteiger partial charge in [0.1, 0.15) is 5.75 Å². The lowest BCUT2D eigenvalue weighted by Crippen LogP contribution is -2.00. The predicted octanol–water partition coefficient (Wildman–Crippen LogP) is 3.19. The van der Waals surface area contributed by atoms with Crippen LogP contribution in [-0.2, 0) is 16.6 Å². The summed E-state index contributed by atoms with van der Waals surface area (Å²) in [6, 6.07) is 13.2. The molecular formula is C14H14INO2S. The molecule has 0 fully saturated rings. The van der Waals surface area contributed by atoms with E-state index in [1.165, 1.54) is 0 Å². The average Bonchev–Trinajstić information content (AvgIpc) is 2.41. The smallest absolute Gasteiger partial charge is 0.137 e. The molecular weight excluding hydrogens is 373 g/mol. The minimum atomic E-state index is -1.14. The van der Waals surface area contributed by atoms with Gasteiger partial charge in [-0.15, -0.1) is 0 Å². The van der Waals surface area contributed by atoms with Crippen molar-refractivity contribution in [3.63, 3.8) is 0 Å². The molecule has 0 aliphatic carbocycles. The lowest BCUT2D eigenvalue weighted by Gasteiger charge is -2.09. The molecule has 0 spiro atoms. The van der Waals surface area contributed by atoms with Gasteiger partial charge in [0.05, 0.1) is 28.6 Å². The molecule has 19 heavy (non-hydrogen) atoms. The van der Waals surface area contributed by atoms with Crippen LogP contribution < -0.4 is 10.5 Å². The lowest BCUT2D eigenvalue weighted by atomic mass is 10.2. The van der Waals surface area contributed by atoms with E-state index in [1.807, 2.05) is 24.3 Å². The fourth-order valence-corrected chi connectivity index (χ4v) is 3.28. The fourth-order valence-electron chi connectivity index (χ4n) is 1.68. The molecule has 2 aromatic rings. The van der Waals surface area contributed by atoms with E-state index in [2.05, 4.69) is 22.6 Å². The lowest BCUT2D eigenvalue weighted by molar-refractivity contribution is 0.404. The van der Waals surface area contributed by atoms with Crippen molar-refractivity contribution in [1.29, 1.82) is 0 Å². The number of nitrogens with two attached hydrogens (primary N) is 1. The van der Waals surface area contributed by atoms with Crippen molar-refractivity contribution in [3.8, 4) is 5.75 Å². The molecule has 3 nitrogen and oxygen atoms in total. The van der Waals surface area contributed by atoms with Crippen LogP contribution in [0, 0.1) is 3.57 Å². The Kier molecular flexibility index (Phi) is 4.81. The Hall–Kier alpha value is -1.08. The maximum atomic E-state index is 12.4. The average molecular weight is 387 g/mol. The Balaban J connectivity index is 2.22. The maximum absolute atomic E-state index is 12.4. The maximum Gasteiger partial charge on any atom is 0.137 e. The van der Waals surface area contributed by atoms with Gasteiger partial charge < -0.3 is 10.5 Å². The zero-order valence-corrected chi connectivity index (χ0v) is 13.4. The van der Waals surface area contributed by atoms with Gasteiger partial charge in [-0.3, -0.25) is 4.21 Å². The largest absolute Gasteiger partial charge is 0.495 e. The van der Waals surface area contributed by atoms with Gasteiger partial charge in [-0.05, 0) is 52.4 Å². The van der Waals surface area contributed by atoms with Crippen molar-refractivity contribution in [2.75, 3.05) is 12.8 Å². The third kappa shape index (κ3) is 3.70. The summed E-state index contributed by atoms with van der Waals surface area (Å²) in [5.41, 5.74) is 7.34. The second-order valence-corrected chi connectivity index (χ2v) is 6.69. The highest BCUT2D eigenvalue weighted by molar-refractivity contribution is 14.1. The van der Waals surface area contributed by atoms with Crippen molar-refractivity contribution < 1.29 is 8.95 Å². The summed E-state index contributed by atoms with van der Waals surface area (Å²) in [5.74, 6) is 1.04. The third-order valence-electron chi connectivity index (χ3n) is 2.64. The summed E-state index contributed by atoms with van der Waals surface area (Å²) >= 11 is 2.25. The normalized spacial score (nSPS) is 12.1. The number of hydrogen-bond acceptors (Lipinski definition) is 3. The number of nitrogen functional groups attached to an aromatic ring is 1. The Morgan fingerprint density at radius 1 is 1.21 bits per heavy atom. The number of anilines is 1. The zero-order valence-electron chi connectivity index (χ0n) is 10.4. The van der Waals surface area contributed by atoms with Gasteiger partial charge in [-0.2, -0.15) is 0 Å². The van der Waals surface area contributed by atoms with Gasteiger partial charge >= 0.3 is 0 Å². The van der Waals surface area contributed by atoms with Crippen LogP contribution in [0.3, 0.4) is 0 Å². The first kappa shape index (κ1) is 14.3. The van der Waals surface area contributed by atoms with Gasteiger partial charge in [0, 0.05) is 15.3 Å². The number of benzene rings is 2. The summed E-state index contributed by atoms with van der Waals surface area (Å²) in [4.78, 5) is 0.676. The standard InChI is InChI=1S/C14H14INO2S/c1-18-13-8-12(16)6-7-14(13)19(17)9-10-2-4-11(15)5-3-10/h2-8H,9,16H2,1H3. The molecule has 0 bridgehead atoms. The molecule has 0 aliphatic heterocycles. The summed E-state index contributed by atoms with van der Waals surface area (Å²) in [5, 5.41) is 0. The van der Waals surface area contributed by atoms with E-state index in [4.69, 9.17) is 10.5 Å². The Morgan fingerprint density at radius 2 is 1.89 bits per heavy atom. The number of methoxy groups -OCH3 is 1. The molecule has 0 aromatic heterocycles. The Labute approximate surface area is 128 Å². The molecule has 0 aliphatic rings. The van der Waals surface area contributed by atoms with Crippen molar-refractivity contribution in [2.45, 2.75) is 10.6 Å². The van der Waals surface area contributed by atoms with E-state index in [0.717, 1.165) is 9.13 Å². The summed E-state index contributed by atoms with van der Waals surface area (Å²) in [6.45, 7) is 0. The van der Waals surface area contributed by atoms with Crippen LogP contribution in [0.4, 0.5) is 5.69 Å². The second-order valence-electron chi connectivity index (χ2n) is 4.03. The van der Waals surface area contributed by atoms with Crippen molar-refractivity contribution in [3.05, 3.63) is 51.6 Å². The first-order valence-electron chi connectivity index (χ1n) is 5.66. The third-order valence-corrected chi connectivity index (χ3v) is 4.79. The molecule has 2 rings (SSSR count). The van der Waals surface area contributed by atoms with Crippen LogP contribution in [0.25, 0.3) is 0 Å². The molecule has 100 valence electrons. The molecule has 2 N–H and O–H groups in total. The van der Waals surface area contributed by atoms with Gasteiger partial charge in [0.25, 0.3) is 0 Å². The van der Waals surface area contributed by atoms with Crippen molar-refractivity contribution >= 4 is 39.1 Å². The monoisotopic (exact) mass is 387 g/mol. The van der Waals surface area contributed by atoms with Gasteiger partial charge in [-0.1, -0.05) is 12.1 Å². The molecule has 5 heteroatoms. The van der Waals surface area contributed by atoms with Crippen LogP contribution in [-0.4, -0.2) is 11.3 Å². The molecule has 0 radical (unpaired) electrons. The molecule has 2 aromatic carbocycles. The fraction of sp³-hybridized carbons (Fsp3) is 0.143. The number of ether oxygens (including phenoxy) is 1. The summed E-state index contributed by atoms with van der Waals surface area (Å²) in [6.07, 6.45) is 0. The highest BCUT2D eigenvalue weighted by atomic mass is 127. The van der Waals surface area contributed by atoms with Gasteiger partial charge in [0.2, 0.25) is 0 Å². The van der Waals surface area contributed by atoms with Gasteiger partial charge in [0.15, 0.2) is 0 Å². The minimum absolute atomic E-state index is 0.469. The van der Waals surface area contributed by atoms with Gasteiger partial charge in [-0.25, -0.2) is 0 Å². The Morgan fingerprint density at radius 3 is 2.53 bits per heavy atom. The van der Waals surface area contributed by atoms with E-state index < -0.39 is 10.8 Å². The van der Waals surface area contributed by atoms with E-state index in [0.29, 0.717) is 22.1 Å². The number of rotatable bonds is 4. The van der Waals surface area contributed by atoms with Crippen LogP contribution >= 0.6 is 22.6 Å². The SMILES string of the molecule is COc1cc(N)ccc1S(=O)Cc1ccc(I)cc1. The topological polar surface area (TPSA) is 52.3 Å². The van der Waals surface area contributed by atoms with Crippen LogP contribution in [0.1, 0.15) is 5.56 Å². The summed E-state index contributed by atoms with van der Waals surface area (Å²) < 4.78 is 18.8. The van der Waals surface area contributed by atoms with Crippen LogP contribution in [0.15, 0.2) is 47.4 Å².